The van der Waals surface area contributed by atoms with Crippen LogP contribution in [0.15, 0.2) is 12.3 Å². The van der Waals surface area contributed by atoms with Gasteiger partial charge in [0.2, 0.25) is 0 Å². The van der Waals surface area contributed by atoms with Crippen LogP contribution in [0.3, 0.4) is 0 Å². The van der Waals surface area contributed by atoms with Crippen molar-refractivity contribution in [3.05, 3.63) is 18.0 Å². The molecule has 1 aromatic heterocycles. The number of nitriles is 1. The maximum Gasteiger partial charge on any atom is 0.100 e. The summed E-state index contributed by atoms with van der Waals surface area (Å²) in [6.45, 7) is 5.95. The van der Waals surface area contributed by atoms with Crippen LogP contribution in [0, 0.1) is 11.3 Å². The minimum Gasteiger partial charge on any atom is -0.312 e. The van der Waals surface area contributed by atoms with E-state index in [1.165, 1.54) is 0 Å². The molecule has 1 saturated heterocycles. The Morgan fingerprint density at radius 3 is 2.80 bits per heavy atom. The van der Waals surface area contributed by atoms with Crippen LogP contribution in [0.5, 0.6) is 0 Å². The highest BCUT2D eigenvalue weighted by Gasteiger charge is 2.39. The van der Waals surface area contributed by atoms with Gasteiger partial charge in [0.1, 0.15) is 5.54 Å². The van der Waals surface area contributed by atoms with E-state index in [9.17, 15) is 0 Å². The van der Waals surface area contributed by atoms with Crippen molar-refractivity contribution in [2.75, 3.05) is 13.1 Å². The van der Waals surface area contributed by atoms with Crippen molar-refractivity contribution in [2.45, 2.75) is 31.7 Å². The van der Waals surface area contributed by atoms with Gasteiger partial charge >= 0.3 is 0 Å². The Morgan fingerprint density at radius 1 is 1.67 bits per heavy atom. The first-order valence-corrected chi connectivity index (χ1v) is 5.32. The minimum atomic E-state index is -0.0953. The van der Waals surface area contributed by atoms with Crippen LogP contribution in [0.4, 0.5) is 0 Å². The van der Waals surface area contributed by atoms with Crippen LogP contribution in [0.2, 0.25) is 0 Å². The van der Waals surface area contributed by atoms with E-state index in [-0.39, 0.29) is 5.54 Å². The lowest BCUT2D eigenvalue weighted by Crippen LogP contribution is -2.60. The average molecular weight is 204 g/mol. The van der Waals surface area contributed by atoms with Crippen molar-refractivity contribution < 1.29 is 0 Å². The van der Waals surface area contributed by atoms with Crippen molar-refractivity contribution in [3.63, 3.8) is 0 Å². The average Bonchev–Trinajstić information content (AvgIpc) is 2.60. The van der Waals surface area contributed by atoms with Gasteiger partial charge in [-0.05, 0) is 12.0 Å². The molecule has 0 aromatic carbocycles. The fourth-order valence-corrected chi connectivity index (χ4v) is 1.84. The zero-order chi connectivity index (χ0) is 10.9. The van der Waals surface area contributed by atoms with Crippen LogP contribution < -0.4 is 5.32 Å². The van der Waals surface area contributed by atoms with Crippen LogP contribution in [-0.2, 0) is 5.54 Å². The van der Waals surface area contributed by atoms with Gasteiger partial charge in [0.25, 0.3) is 0 Å². The molecular weight excluding hydrogens is 188 g/mol. The van der Waals surface area contributed by atoms with E-state index in [2.05, 4.69) is 30.3 Å². The molecule has 0 saturated carbocycles. The molecule has 1 aliphatic heterocycles. The van der Waals surface area contributed by atoms with Crippen LogP contribution in [0.25, 0.3) is 0 Å². The Kier molecular flexibility index (Phi) is 2.49. The van der Waals surface area contributed by atoms with Gasteiger partial charge in [-0.25, -0.2) is 0 Å². The maximum absolute atomic E-state index is 8.83. The zero-order valence-electron chi connectivity index (χ0n) is 9.20. The third-order valence-electron chi connectivity index (χ3n) is 3.00. The summed E-state index contributed by atoms with van der Waals surface area (Å²) in [5.41, 5.74) is 1.00. The smallest absolute Gasteiger partial charge is 0.100 e. The van der Waals surface area contributed by atoms with E-state index >= 15 is 0 Å². The normalized spacial score (nSPS) is 18.5. The molecule has 1 aliphatic rings. The van der Waals surface area contributed by atoms with Crippen LogP contribution >= 0.6 is 0 Å². The molecule has 0 radical (unpaired) electrons. The van der Waals surface area contributed by atoms with Gasteiger partial charge < -0.3 is 5.32 Å². The fourth-order valence-electron chi connectivity index (χ4n) is 1.84. The molecule has 4 nitrogen and oxygen atoms in total. The molecule has 1 aromatic rings. The summed E-state index contributed by atoms with van der Waals surface area (Å²) < 4.78 is 1.96. The molecule has 0 unspecified atom stereocenters. The quantitative estimate of drug-likeness (QED) is 0.805. The predicted octanol–water partition coefficient (Wildman–Crippen LogP) is 1.22. The molecule has 2 heterocycles. The molecule has 0 bridgehead atoms. The van der Waals surface area contributed by atoms with E-state index in [1.807, 2.05) is 16.9 Å². The van der Waals surface area contributed by atoms with Crippen molar-refractivity contribution in [1.29, 1.82) is 5.26 Å². The molecular formula is C11H16N4. The lowest BCUT2D eigenvalue weighted by molar-refractivity contribution is 0.159. The highest BCUT2D eigenvalue weighted by Crippen LogP contribution is 2.25. The molecule has 0 spiro atoms. The second-order valence-electron chi connectivity index (χ2n) is 4.50. The standard InChI is InChI=1S/C11H16N4/c1-9(2)10-3-6-15(14-10)11(4-5-12)7-13-8-11/h3,6,9,13H,4,7-8H2,1-2H3. The summed E-state index contributed by atoms with van der Waals surface area (Å²) in [7, 11) is 0. The third kappa shape index (κ3) is 1.64. The molecule has 4 heteroatoms. The van der Waals surface area contributed by atoms with Gasteiger partial charge in [-0.2, -0.15) is 10.4 Å². The van der Waals surface area contributed by atoms with Gasteiger partial charge in [-0.1, -0.05) is 13.8 Å². The Bertz CT molecular complexity index is 382. The minimum absolute atomic E-state index is 0.0953. The monoisotopic (exact) mass is 204 g/mol. The van der Waals surface area contributed by atoms with E-state index in [0.29, 0.717) is 12.3 Å². The largest absolute Gasteiger partial charge is 0.312 e. The lowest BCUT2D eigenvalue weighted by atomic mass is 9.89. The Labute approximate surface area is 89.9 Å². The summed E-state index contributed by atoms with van der Waals surface area (Å²) in [6.07, 6.45) is 2.52. The summed E-state index contributed by atoms with van der Waals surface area (Å²) in [5, 5.41) is 16.6. The molecule has 0 aliphatic carbocycles. The second kappa shape index (κ2) is 3.67. The molecule has 15 heavy (non-hydrogen) atoms. The van der Waals surface area contributed by atoms with Crippen molar-refractivity contribution in [1.82, 2.24) is 15.1 Å². The van der Waals surface area contributed by atoms with E-state index in [4.69, 9.17) is 5.26 Å². The molecule has 0 amide bonds. The summed E-state index contributed by atoms with van der Waals surface area (Å²) >= 11 is 0. The number of nitrogens with zero attached hydrogens (tertiary/aromatic N) is 3. The Balaban J connectivity index is 2.24. The molecule has 80 valence electrons. The summed E-state index contributed by atoms with van der Waals surface area (Å²) in [4.78, 5) is 0. The zero-order valence-corrected chi connectivity index (χ0v) is 9.20. The second-order valence-corrected chi connectivity index (χ2v) is 4.50. The Morgan fingerprint density at radius 2 is 2.40 bits per heavy atom. The highest BCUT2D eigenvalue weighted by atomic mass is 15.4. The van der Waals surface area contributed by atoms with Gasteiger partial charge in [-0.15, -0.1) is 0 Å². The number of rotatable bonds is 3. The van der Waals surface area contributed by atoms with E-state index in [0.717, 1.165) is 18.8 Å². The number of aromatic nitrogens is 2. The topological polar surface area (TPSA) is 53.6 Å². The number of hydrogen-bond acceptors (Lipinski definition) is 3. The predicted molar refractivity (Wildman–Crippen MR) is 57.4 cm³/mol. The third-order valence-corrected chi connectivity index (χ3v) is 3.00. The Hall–Kier alpha value is -1.34. The number of hydrogen-bond donors (Lipinski definition) is 1. The van der Waals surface area contributed by atoms with Gasteiger partial charge in [0, 0.05) is 19.3 Å². The van der Waals surface area contributed by atoms with Gasteiger partial charge in [-0.3, -0.25) is 4.68 Å². The van der Waals surface area contributed by atoms with Crippen LogP contribution in [-0.4, -0.2) is 22.9 Å². The van der Waals surface area contributed by atoms with Crippen molar-refractivity contribution in [3.8, 4) is 6.07 Å². The molecule has 2 rings (SSSR count). The maximum atomic E-state index is 8.83. The molecule has 0 atom stereocenters. The van der Waals surface area contributed by atoms with Crippen molar-refractivity contribution >= 4 is 0 Å². The highest BCUT2D eigenvalue weighted by molar-refractivity contribution is 5.10. The molecule has 1 fully saturated rings. The summed E-state index contributed by atoms with van der Waals surface area (Å²) in [6, 6.07) is 4.29. The fraction of sp³-hybridized carbons (Fsp3) is 0.636. The lowest BCUT2D eigenvalue weighted by Gasteiger charge is -2.41. The first-order valence-electron chi connectivity index (χ1n) is 5.32. The van der Waals surface area contributed by atoms with Crippen LogP contribution in [0.1, 0.15) is 31.9 Å². The molecule has 1 N–H and O–H groups in total. The van der Waals surface area contributed by atoms with E-state index < -0.39 is 0 Å². The first-order chi connectivity index (χ1) is 7.18. The van der Waals surface area contributed by atoms with Gasteiger partial charge in [0.05, 0.1) is 18.2 Å². The van der Waals surface area contributed by atoms with E-state index in [1.54, 1.807) is 0 Å². The first kappa shape index (κ1) is 10.2. The number of nitrogens with one attached hydrogen (secondary N) is 1. The van der Waals surface area contributed by atoms with Gasteiger partial charge in [0.15, 0.2) is 0 Å². The van der Waals surface area contributed by atoms with Crippen molar-refractivity contribution in [2.24, 2.45) is 0 Å². The summed E-state index contributed by atoms with van der Waals surface area (Å²) in [5.74, 6) is 0.443. The SMILES string of the molecule is CC(C)c1ccn(C2(CC#N)CNC2)n1.